The number of thiophene rings is 1. The standard InChI is InChI=1S/C19H18N4OS/c1-13-5-6-14-11-15(12-20)18(23-16(14)10-13)21-7-3-8-22-19(24)17-4-2-9-25-17/h2,4-6,9-11H,3,7-8H2,1H3,(H,21,23)(H,22,24). The Hall–Kier alpha value is -2.91. The number of amides is 1. The zero-order valence-electron chi connectivity index (χ0n) is 13.9. The first-order valence-corrected chi connectivity index (χ1v) is 8.92. The topological polar surface area (TPSA) is 77.8 Å². The van der Waals surface area contributed by atoms with E-state index in [4.69, 9.17) is 0 Å². The lowest BCUT2D eigenvalue weighted by Gasteiger charge is -2.09. The fraction of sp³-hybridized carbons (Fsp3) is 0.211. The Bertz CT molecular complexity index is 928. The van der Waals surface area contributed by atoms with Crippen molar-refractivity contribution in [3.05, 3.63) is 57.8 Å². The van der Waals surface area contributed by atoms with Gasteiger partial charge in [-0.25, -0.2) is 4.98 Å². The number of rotatable bonds is 6. The van der Waals surface area contributed by atoms with Gasteiger partial charge >= 0.3 is 0 Å². The highest BCUT2D eigenvalue weighted by Gasteiger charge is 2.07. The molecule has 1 aromatic carbocycles. The smallest absolute Gasteiger partial charge is 0.261 e. The predicted octanol–water partition coefficient (Wildman–Crippen LogP) is 3.71. The number of hydrogen-bond acceptors (Lipinski definition) is 5. The van der Waals surface area contributed by atoms with Crippen LogP contribution in [-0.2, 0) is 0 Å². The summed E-state index contributed by atoms with van der Waals surface area (Å²) in [5.74, 6) is 0.539. The Labute approximate surface area is 150 Å². The van der Waals surface area contributed by atoms with E-state index in [2.05, 4.69) is 21.7 Å². The molecule has 2 aromatic heterocycles. The summed E-state index contributed by atoms with van der Waals surface area (Å²) in [4.78, 5) is 17.1. The number of aromatic nitrogens is 1. The molecule has 2 N–H and O–H groups in total. The lowest BCUT2D eigenvalue weighted by molar-refractivity contribution is 0.0957. The molecule has 0 aliphatic heterocycles. The van der Waals surface area contributed by atoms with E-state index in [0.29, 0.717) is 29.3 Å². The molecule has 2 heterocycles. The van der Waals surface area contributed by atoms with Gasteiger partial charge in [0.25, 0.3) is 5.91 Å². The van der Waals surface area contributed by atoms with E-state index in [-0.39, 0.29) is 5.91 Å². The van der Waals surface area contributed by atoms with E-state index >= 15 is 0 Å². The summed E-state index contributed by atoms with van der Waals surface area (Å²) >= 11 is 1.43. The molecule has 0 spiro atoms. The van der Waals surface area contributed by atoms with E-state index in [1.165, 1.54) is 11.3 Å². The van der Waals surface area contributed by atoms with Gasteiger partial charge in [0.2, 0.25) is 0 Å². The summed E-state index contributed by atoms with van der Waals surface area (Å²) in [6.07, 6.45) is 0.746. The van der Waals surface area contributed by atoms with Gasteiger partial charge < -0.3 is 10.6 Å². The molecule has 0 saturated heterocycles. The summed E-state index contributed by atoms with van der Waals surface area (Å²) in [5.41, 5.74) is 2.53. The van der Waals surface area contributed by atoms with Crippen LogP contribution in [-0.4, -0.2) is 24.0 Å². The number of nitrogens with one attached hydrogen (secondary N) is 2. The molecule has 3 aromatic rings. The zero-order chi connectivity index (χ0) is 17.6. The summed E-state index contributed by atoms with van der Waals surface area (Å²) in [6.45, 7) is 3.21. The highest BCUT2D eigenvalue weighted by molar-refractivity contribution is 7.12. The van der Waals surface area contributed by atoms with Crippen molar-refractivity contribution in [1.82, 2.24) is 10.3 Å². The molecular formula is C19H18N4OS. The lowest BCUT2D eigenvalue weighted by atomic mass is 10.1. The van der Waals surface area contributed by atoms with Gasteiger partial charge in [-0.15, -0.1) is 11.3 Å². The maximum Gasteiger partial charge on any atom is 0.261 e. The third kappa shape index (κ3) is 4.14. The van der Waals surface area contributed by atoms with E-state index < -0.39 is 0 Å². The van der Waals surface area contributed by atoms with Crippen LogP contribution in [0.25, 0.3) is 10.9 Å². The van der Waals surface area contributed by atoms with Crippen molar-refractivity contribution in [2.45, 2.75) is 13.3 Å². The van der Waals surface area contributed by atoms with Crippen molar-refractivity contribution in [2.24, 2.45) is 0 Å². The Morgan fingerprint density at radius 3 is 2.92 bits per heavy atom. The van der Waals surface area contributed by atoms with Crippen LogP contribution >= 0.6 is 11.3 Å². The zero-order valence-corrected chi connectivity index (χ0v) is 14.7. The van der Waals surface area contributed by atoms with Crippen molar-refractivity contribution in [1.29, 1.82) is 5.26 Å². The molecule has 0 saturated carbocycles. The molecule has 3 rings (SSSR count). The van der Waals surface area contributed by atoms with Gasteiger partial charge in [0.05, 0.1) is 16.0 Å². The number of pyridine rings is 1. The minimum Gasteiger partial charge on any atom is -0.369 e. The molecule has 0 aliphatic rings. The highest BCUT2D eigenvalue weighted by Crippen LogP contribution is 2.21. The average molecular weight is 350 g/mol. The van der Waals surface area contributed by atoms with Crippen LogP contribution in [0.5, 0.6) is 0 Å². The maximum atomic E-state index is 11.8. The number of carbonyl (C=O) groups excluding carboxylic acids is 1. The van der Waals surface area contributed by atoms with Crippen LogP contribution in [0.4, 0.5) is 5.82 Å². The lowest BCUT2D eigenvalue weighted by Crippen LogP contribution is -2.25. The van der Waals surface area contributed by atoms with Gasteiger partial charge in [-0.3, -0.25) is 4.79 Å². The Morgan fingerprint density at radius 1 is 1.28 bits per heavy atom. The van der Waals surface area contributed by atoms with Crippen LogP contribution in [0.1, 0.15) is 27.2 Å². The van der Waals surface area contributed by atoms with Crippen molar-refractivity contribution < 1.29 is 4.79 Å². The number of anilines is 1. The van der Waals surface area contributed by atoms with Gasteiger partial charge in [-0.2, -0.15) is 5.26 Å². The van der Waals surface area contributed by atoms with Crippen molar-refractivity contribution >= 4 is 34.0 Å². The van der Waals surface area contributed by atoms with E-state index in [9.17, 15) is 10.1 Å². The molecule has 126 valence electrons. The number of fused-ring (bicyclic) bond motifs is 1. The maximum absolute atomic E-state index is 11.8. The van der Waals surface area contributed by atoms with Gasteiger partial charge in [0.15, 0.2) is 0 Å². The van der Waals surface area contributed by atoms with Gasteiger partial charge in [-0.1, -0.05) is 18.2 Å². The molecular weight excluding hydrogens is 332 g/mol. The van der Waals surface area contributed by atoms with Crippen molar-refractivity contribution in [3.63, 3.8) is 0 Å². The Balaban J connectivity index is 1.57. The second kappa shape index (κ2) is 7.77. The molecule has 0 aliphatic carbocycles. The quantitative estimate of drug-likeness (QED) is 0.664. The van der Waals surface area contributed by atoms with Crippen LogP contribution in [0.3, 0.4) is 0 Å². The Morgan fingerprint density at radius 2 is 2.16 bits per heavy atom. The molecule has 5 nitrogen and oxygen atoms in total. The molecule has 0 atom stereocenters. The molecule has 0 bridgehead atoms. The van der Waals surface area contributed by atoms with E-state index in [0.717, 1.165) is 22.9 Å². The molecule has 1 amide bonds. The fourth-order valence-corrected chi connectivity index (χ4v) is 3.13. The molecule has 0 fully saturated rings. The minimum absolute atomic E-state index is 0.0491. The van der Waals surface area contributed by atoms with Crippen LogP contribution < -0.4 is 10.6 Å². The normalized spacial score (nSPS) is 10.4. The summed E-state index contributed by atoms with van der Waals surface area (Å²) in [6, 6.07) is 13.7. The first-order chi connectivity index (χ1) is 12.2. The van der Waals surface area contributed by atoms with Gasteiger partial charge in [0, 0.05) is 18.5 Å². The van der Waals surface area contributed by atoms with Crippen LogP contribution in [0, 0.1) is 18.3 Å². The van der Waals surface area contributed by atoms with Crippen LogP contribution in [0.15, 0.2) is 41.8 Å². The number of nitriles is 1. The highest BCUT2D eigenvalue weighted by atomic mass is 32.1. The van der Waals surface area contributed by atoms with E-state index in [1.54, 1.807) is 6.07 Å². The monoisotopic (exact) mass is 350 g/mol. The number of benzene rings is 1. The number of carbonyl (C=O) groups is 1. The minimum atomic E-state index is -0.0491. The summed E-state index contributed by atoms with van der Waals surface area (Å²) in [5, 5.41) is 18.2. The third-order valence-electron chi connectivity index (χ3n) is 3.77. The predicted molar refractivity (Wildman–Crippen MR) is 101 cm³/mol. The van der Waals surface area contributed by atoms with E-state index in [1.807, 2.05) is 42.6 Å². The van der Waals surface area contributed by atoms with Gasteiger partial charge in [0.1, 0.15) is 11.9 Å². The SMILES string of the molecule is Cc1ccc2cc(C#N)c(NCCCNC(=O)c3cccs3)nc2c1. The average Bonchev–Trinajstić information content (AvgIpc) is 3.15. The van der Waals surface area contributed by atoms with Crippen LogP contribution in [0.2, 0.25) is 0 Å². The molecule has 0 unspecified atom stereocenters. The first-order valence-electron chi connectivity index (χ1n) is 8.04. The third-order valence-corrected chi connectivity index (χ3v) is 4.64. The Kier molecular flexibility index (Phi) is 5.26. The number of hydrogen-bond donors (Lipinski definition) is 2. The van der Waals surface area contributed by atoms with Crippen molar-refractivity contribution in [2.75, 3.05) is 18.4 Å². The summed E-state index contributed by atoms with van der Waals surface area (Å²) < 4.78 is 0. The van der Waals surface area contributed by atoms with Gasteiger partial charge in [-0.05, 0) is 42.5 Å². The van der Waals surface area contributed by atoms with Crippen molar-refractivity contribution in [3.8, 4) is 6.07 Å². The first kappa shape index (κ1) is 16.9. The second-order valence-electron chi connectivity index (χ2n) is 5.71. The second-order valence-corrected chi connectivity index (χ2v) is 6.65. The number of aryl methyl sites for hydroxylation is 1. The summed E-state index contributed by atoms with van der Waals surface area (Å²) in [7, 11) is 0. The molecule has 25 heavy (non-hydrogen) atoms. The molecule has 6 heteroatoms. The number of nitrogens with zero attached hydrogens (tertiary/aromatic N) is 2. The fourth-order valence-electron chi connectivity index (χ4n) is 2.49. The molecule has 0 radical (unpaired) electrons. The largest absolute Gasteiger partial charge is 0.369 e.